The van der Waals surface area contributed by atoms with E-state index < -0.39 is 0 Å². The van der Waals surface area contributed by atoms with Crippen LogP contribution >= 0.6 is 0 Å². The first-order valence-electron chi connectivity index (χ1n) is 6.54. The monoisotopic (exact) mass is 234 g/mol. The van der Waals surface area contributed by atoms with Crippen molar-refractivity contribution < 1.29 is 5.11 Å². The van der Waals surface area contributed by atoms with Crippen LogP contribution in [0.2, 0.25) is 0 Å². The number of pyridine rings is 1. The molecule has 0 amide bonds. The minimum Gasteiger partial charge on any atom is -0.393 e. The lowest BCUT2D eigenvalue weighted by Gasteiger charge is -2.25. The first-order valence-corrected chi connectivity index (χ1v) is 6.54. The molecule has 3 heteroatoms. The van der Waals surface area contributed by atoms with Crippen LogP contribution in [0.25, 0.3) is 0 Å². The van der Waals surface area contributed by atoms with Gasteiger partial charge in [-0.3, -0.25) is 4.98 Å². The zero-order valence-corrected chi connectivity index (χ0v) is 10.5. The molecule has 1 aromatic heterocycles. The number of aliphatic hydroxyl groups is 1. The molecule has 0 bridgehead atoms. The van der Waals surface area contributed by atoms with Gasteiger partial charge in [-0.25, -0.2) is 0 Å². The molecule has 0 saturated heterocycles. The molecule has 1 heterocycles. The summed E-state index contributed by atoms with van der Waals surface area (Å²) < 4.78 is 0. The zero-order valence-electron chi connectivity index (χ0n) is 10.5. The molecule has 0 spiro atoms. The van der Waals surface area contributed by atoms with E-state index in [0.717, 1.165) is 31.6 Å². The molecule has 2 N–H and O–H groups in total. The molecule has 1 saturated carbocycles. The largest absolute Gasteiger partial charge is 0.393 e. The summed E-state index contributed by atoms with van der Waals surface area (Å²) in [5.41, 5.74) is 2.29. The molecule has 2 unspecified atom stereocenters. The highest BCUT2D eigenvalue weighted by Crippen LogP contribution is 2.23. The fourth-order valence-electron chi connectivity index (χ4n) is 2.47. The summed E-state index contributed by atoms with van der Waals surface area (Å²) in [6.45, 7) is 3.88. The lowest BCUT2D eigenvalue weighted by atomic mass is 9.87. The van der Waals surface area contributed by atoms with Gasteiger partial charge in [0, 0.05) is 18.4 Å². The van der Waals surface area contributed by atoms with Crippen LogP contribution in [0.3, 0.4) is 0 Å². The second kappa shape index (κ2) is 6.12. The topological polar surface area (TPSA) is 45.1 Å². The fraction of sp³-hybridized carbons (Fsp3) is 0.643. The van der Waals surface area contributed by atoms with E-state index in [4.69, 9.17) is 0 Å². The predicted octanol–water partition coefficient (Wildman–Crippen LogP) is 2.03. The predicted molar refractivity (Wildman–Crippen MR) is 68.6 cm³/mol. The van der Waals surface area contributed by atoms with E-state index in [1.54, 1.807) is 0 Å². The summed E-state index contributed by atoms with van der Waals surface area (Å²) in [5.74, 6) is 0.636. The summed E-state index contributed by atoms with van der Waals surface area (Å²) in [5, 5.41) is 13.0. The average Bonchev–Trinajstić information content (AvgIpc) is 2.32. The van der Waals surface area contributed by atoms with Gasteiger partial charge in [0.15, 0.2) is 0 Å². The highest BCUT2D eigenvalue weighted by Gasteiger charge is 2.19. The van der Waals surface area contributed by atoms with Crippen molar-refractivity contribution in [2.24, 2.45) is 5.92 Å². The Morgan fingerprint density at radius 2 is 2.29 bits per heavy atom. The van der Waals surface area contributed by atoms with Gasteiger partial charge in [-0.1, -0.05) is 12.5 Å². The van der Waals surface area contributed by atoms with E-state index in [0.29, 0.717) is 5.92 Å². The molecule has 0 aromatic carbocycles. The Balaban J connectivity index is 1.70. The number of aliphatic hydroxyl groups excluding tert-OH is 1. The van der Waals surface area contributed by atoms with Crippen molar-refractivity contribution in [1.82, 2.24) is 10.3 Å². The first kappa shape index (κ1) is 12.5. The van der Waals surface area contributed by atoms with Gasteiger partial charge >= 0.3 is 0 Å². The molecule has 0 radical (unpaired) electrons. The molecule has 0 aliphatic heterocycles. The number of rotatable bonds is 4. The van der Waals surface area contributed by atoms with E-state index in [1.165, 1.54) is 18.4 Å². The van der Waals surface area contributed by atoms with Gasteiger partial charge in [0.1, 0.15) is 0 Å². The Kier molecular flexibility index (Phi) is 4.51. The number of aromatic nitrogens is 1. The molecular formula is C14H22N2O. The SMILES string of the molecule is Cc1ccc(CNCC2CCCC(O)C2)cn1. The first-order chi connectivity index (χ1) is 8.24. The van der Waals surface area contributed by atoms with Crippen LogP contribution in [0.15, 0.2) is 18.3 Å². The maximum Gasteiger partial charge on any atom is 0.0543 e. The van der Waals surface area contributed by atoms with Gasteiger partial charge in [0.05, 0.1) is 6.10 Å². The molecule has 17 heavy (non-hydrogen) atoms. The summed E-state index contributed by atoms with van der Waals surface area (Å²) >= 11 is 0. The maximum absolute atomic E-state index is 9.59. The highest BCUT2D eigenvalue weighted by molar-refractivity contribution is 5.12. The van der Waals surface area contributed by atoms with E-state index >= 15 is 0 Å². The second-order valence-corrected chi connectivity index (χ2v) is 5.13. The Morgan fingerprint density at radius 1 is 1.41 bits per heavy atom. The Morgan fingerprint density at radius 3 is 3.00 bits per heavy atom. The van der Waals surface area contributed by atoms with E-state index in [9.17, 15) is 5.11 Å². The molecule has 1 aromatic rings. The van der Waals surface area contributed by atoms with Crippen LogP contribution in [0.1, 0.15) is 36.9 Å². The number of nitrogens with one attached hydrogen (secondary N) is 1. The molecule has 1 aliphatic carbocycles. The fourth-order valence-corrected chi connectivity index (χ4v) is 2.47. The summed E-state index contributed by atoms with van der Waals surface area (Å²) in [6, 6.07) is 4.16. The molecule has 2 rings (SSSR count). The summed E-state index contributed by atoms with van der Waals surface area (Å²) in [6.07, 6.45) is 6.21. The normalized spacial score (nSPS) is 24.8. The number of hydrogen-bond acceptors (Lipinski definition) is 3. The standard InChI is InChI=1S/C14H22N2O/c1-11-5-6-13(10-16-11)9-15-8-12-3-2-4-14(17)7-12/h5-6,10,12,14-15,17H,2-4,7-9H2,1H3. The third-order valence-electron chi connectivity index (χ3n) is 3.49. The summed E-state index contributed by atoms with van der Waals surface area (Å²) in [4.78, 5) is 4.28. The third-order valence-corrected chi connectivity index (χ3v) is 3.49. The highest BCUT2D eigenvalue weighted by atomic mass is 16.3. The molecule has 94 valence electrons. The molecule has 1 aliphatic rings. The second-order valence-electron chi connectivity index (χ2n) is 5.13. The van der Waals surface area contributed by atoms with Crippen LogP contribution < -0.4 is 5.32 Å². The molecule has 3 nitrogen and oxygen atoms in total. The lowest BCUT2D eigenvalue weighted by molar-refractivity contribution is 0.101. The number of nitrogens with zero attached hydrogens (tertiary/aromatic N) is 1. The van der Waals surface area contributed by atoms with E-state index in [2.05, 4.69) is 16.4 Å². The van der Waals surface area contributed by atoms with Crippen molar-refractivity contribution in [1.29, 1.82) is 0 Å². The van der Waals surface area contributed by atoms with Crippen LogP contribution in [-0.4, -0.2) is 22.7 Å². The van der Waals surface area contributed by atoms with Crippen molar-refractivity contribution >= 4 is 0 Å². The van der Waals surface area contributed by atoms with Gasteiger partial charge < -0.3 is 10.4 Å². The maximum atomic E-state index is 9.59. The van der Waals surface area contributed by atoms with Crippen molar-refractivity contribution in [3.63, 3.8) is 0 Å². The number of hydrogen-bond donors (Lipinski definition) is 2. The summed E-state index contributed by atoms with van der Waals surface area (Å²) in [7, 11) is 0. The minimum absolute atomic E-state index is 0.0726. The van der Waals surface area contributed by atoms with Crippen LogP contribution in [0, 0.1) is 12.8 Å². The van der Waals surface area contributed by atoms with Gasteiger partial charge in [-0.2, -0.15) is 0 Å². The minimum atomic E-state index is -0.0726. The molecular weight excluding hydrogens is 212 g/mol. The van der Waals surface area contributed by atoms with Crippen LogP contribution in [0.5, 0.6) is 0 Å². The molecule has 2 atom stereocenters. The van der Waals surface area contributed by atoms with Crippen LogP contribution in [-0.2, 0) is 6.54 Å². The van der Waals surface area contributed by atoms with Crippen molar-refractivity contribution in [2.75, 3.05) is 6.54 Å². The van der Waals surface area contributed by atoms with Gasteiger partial charge in [-0.05, 0) is 50.3 Å². The van der Waals surface area contributed by atoms with Crippen molar-refractivity contribution in [3.8, 4) is 0 Å². The van der Waals surface area contributed by atoms with E-state index in [-0.39, 0.29) is 6.10 Å². The number of aryl methyl sites for hydroxylation is 1. The van der Waals surface area contributed by atoms with Gasteiger partial charge in [0.25, 0.3) is 0 Å². The smallest absolute Gasteiger partial charge is 0.0543 e. The van der Waals surface area contributed by atoms with Crippen LogP contribution in [0.4, 0.5) is 0 Å². The van der Waals surface area contributed by atoms with E-state index in [1.807, 2.05) is 19.2 Å². The average molecular weight is 234 g/mol. The Labute approximate surface area is 103 Å². The third kappa shape index (κ3) is 4.10. The van der Waals surface area contributed by atoms with Crippen molar-refractivity contribution in [2.45, 2.75) is 45.3 Å². The zero-order chi connectivity index (χ0) is 12.1. The molecule has 1 fully saturated rings. The van der Waals surface area contributed by atoms with Gasteiger partial charge in [0.2, 0.25) is 0 Å². The van der Waals surface area contributed by atoms with Gasteiger partial charge in [-0.15, -0.1) is 0 Å². The Bertz CT molecular complexity index is 337. The quantitative estimate of drug-likeness (QED) is 0.838. The van der Waals surface area contributed by atoms with Crippen molar-refractivity contribution in [3.05, 3.63) is 29.6 Å². The Hall–Kier alpha value is -0.930. The lowest BCUT2D eigenvalue weighted by Crippen LogP contribution is -2.28.